The van der Waals surface area contributed by atoms with E-state index in [-0.39, 0.29) is 18.3 Å². The van der Waals surface area contributed by atoms with Gasteiger partial charge >= 0.3 is 5.69 Å². The van der Waals surface area contributed by atoms with E-state index in [1.54, 1.807) is 25.2 Å². The Kier molecular flexibility index (Phi) is 5.38. The third kappa shape index (κ3) is 3.33. The van der Waals surface area contributed by atoms with Crippen LogP contribution in [0.5, 0.6) is 0 Å². The SMILES string of the molecule is CCC(CCO)Nc1cccc(NC)c1[N+](=O)[O-]. The van der Waals surface area contributed by atoms with E-state index in [0.717, 1.165) is 6.42 Å². The van der Waals surface area contributed by atoms with Crippen molar-refractivity contribution in [3.8, 4) is 0 Å². The van der Waals surface area contributed by atoms with Gasteiger partial charge in [0, 0.05) is 19.7 Å². The van der Waals surface area contributed by atoms with Gasteiger partial charge in [0.2, 0.25) is 0 Å². The molecule has 3 N–H and O–H groups in total. The van der Waals surface area contributed by atoms with Crippen LogP contribution in [0, 0.1) is 10.1 Å². The van der Waals surface area contributed by atoms with E-state index in [1.165, 1.54) is 0 Å². The number of nitro groups is 1. The predicted molar refractivity (Wildman–Crippen MR) is 72.0 cm³/mol. The molecular weight excluding hydrogens is 234 g/mol. The molecule has 0 aliphatic heterocycles. The number of aliphatic hydroxyl groups is 1. The molecular formula is C12H19N3O3. The van der Waals surface area contributed by atoms with Crippen LogP contribution in [-0.4, -0.2) is 29.7 Å². The molecule has 0 amide bonds. The molecule has 0 saturated heterocycles. The maximum Gasteiger partial charge on any atom is 0.315 e. The van der Waals surface area contributed by atoms with Crippen LogP contribution in [0.4, 0.5) is 17.1 Å². The fourth-order valence-corrected chi connectivity index (χ4v) is 1.81. The van der Waals surface area contributed by atoms with Crippen molar-refractivity contribution in [3.05, 3.63) is 28.3 Å². The molecule has 100 valence electrons. The molecule has 0 heterocycles. The predicted octanol–water partition coefficient (Wildman–Crippen LogP) is 2.21. The van der Waals surface area contributed by atoms with Gasteiger partial charge in [-0.1, -0.05) is 13.0 Å². The molecule has 0 radical (unpaired) electrons. The molecule has 18 heavy (non-hydrogen) atoms. The number of hydrogen-bond donors (Lipinski definition) is 3. The summed E-state index contributed by atoms with van der Waals surface area (Å²) in [5.41, 5.74) is 0.993. The van der Waals surface area contributed by atoms with E-state index in [0.29, 0.717) is 17.8 Å². The zero-order valence-electron chi connectivity index (χ0n) is 10.6. The monoisotopic (exact) mass is 253 g/mol. The number of benzene rings is 1. The second-order valence-corrected chi connectivity index (χ2v) is 3.97. The van der Waals surface area contributed by atoms with Gasteiger partial charge in [0.05, 0.1) is 4.92 Å². The Hall–Kier alpha value is -1.82. The highest BCUT2D eigenvalue weighted by Crippen LogP contribution is 2.33. The molecule has 0 bridgehead atoms. The summed E-state index contributed by atoms with van der Waals surface area (Å²) in [6, 6.07) is 5.13. The Morgan fingerprint density at radius 2 is 2.11 bits per heavy atom. The number of anilines is 2. The largest absolute Gasteiger partial charge is 0.396 e. The molecule has 0 fully saturated rings. The minimum atomic E-state index is -0.403. The van der Waals surface area contributed by atoms with Crippen LogP contribution in [0.2, 0.25) is 0 Å². The normalized spacial score (nSPS) is 11.9. The van der Waals surface area contributed by atoms with Crippen molar-refractivity contribution in [2.24, 2.45) is 0 Å². The molecule has 1 aromatic carbocycles. The van der Waals surface area contributed by atoms with Crippen molar-refractivity contribution in [1.82, 2.24) is 0 Å². The topological polar surface area (TPSA) is 87.4 Å². The smallest absolute Gasteiger partial charge is 0.315 e. The van der Waals surface area contributed by atoms with E-state index in [2.05, 4.69) is 10.6 Å². The fourth-order valence-electron chi connectivity index (χ4n) is 1.81. The van der Waals surface area contributed by atoms with Gasteiger partial charge in [0.25, 0.3) is 0 Å². The summed E-state index contributed by atoms with van der Waals surface area (Å²) in [6.45, 7) is 2.03. The number of aliphatic hydroxyl groups excluding tert-OH is 1. The van der Waals surface area contributed by atoms with Gasteiger partial charge in [0.1, 0.15) is 11.4 Å². The molecule has 1 atom stereocenters. The highest BCUT2D eigenvalue weighted by molar-refractivity contribution is 5.76. The van der Waals surface area contributed by atoms with Crippen LogP contribution in [0.1, 0.15) is 19.8 Å². The third-order valence-corrected chi connectivity index (χ3v) is 2.82. The van der Waals surface area contributed by atoms with Crippen molar-refractivity contribution in [3.63, 3.8) is 0 Å². The standard InChI is InChI=1S/C12H19N3O3/c1-3-9(7-8-16)14-11-6-4-5-10(13-2)12(11)15(17)18/h4-6,9,13-14,16H,3,7-8H2,1-2H3. The highest BCUT2D eigenvalue weighted by Gasteiger charge is 2.20. The molecule has 0 aromatic heterocycles. The Labute approximate surface area is 106 Å². The van der Waals surface area contributed by atoms with Gasteiger partial charge in [-0.3, -0.25) is 10.1 Å². The van der Waals surface area contributed by atoms with Crippen molar-refractivity contribution in [1.29, 1.82) is 0 Å². The van der Waals surface area contributed by atoms with Gasteiger partial charge in [0.15, 0.2) is 0 Å². The molecule has 0 aliphatic carbocycles. The van der Waals surface area contributed by atoms with E-state index in [1.807, 2.05) is 6.92 Å². The van der Waals surface area contributed by atoms with Crippen LogP contribution in [0.3, 0.4) is 0 Å². The first-order valence-corrected chi connectivity index (χ1v) is 5.96. The second-order valence-electron chi connectivity index (χ2n) is 3.97. The molecule has 1 rings (SSSR count). The number of nitrogens with one attached hydrogen (secondary N) is 2. The molecule has 1 unspecified atom stereocenters. The summed E-state index contributed by atoms with van der Waals surface area (Å²) in [7, 11) is 1.65. The number of nitrogens with zero attached hydrogens (tertiary/aromatic N) is 1. The van der Waals surface area contributed by atoms with Gasteiger partial charge in [-0.15, -0.1) is 0 Å². The second kappa shape index (κ2) is 6.80. The van der Waals surface area contributed by atoms with Crippen LogP contribution >= 0.6 is 0 Å². The van der Waals surface area contributed by atoms with Gasteiger partial charge < -0.3 is 15.7 Å². The highest BCUT2D eigenvalue weighted by atomic mass is 16.6. The quantitative estimate of drug-likeness (QED) is 0.512. The maximum absolute atomic E-state index is 11.1. The maximum atomic E-state index is 11.1. The Morgan fingerprint density at radius 3 is 2.61 bits per heavy atom. The lowest BCUT2D eigenvalue weighted by atomic mass is 10.1. The number of nitro benzene ring substituents is 1. The van der Waals surface area contributed by atoms with Crippen molar-refractivity contribution < 1.29 is 10.0 Å². The Balaban J connectivity index is 3.03. The minimum absolute atomic E-state index is 0.0285. The van der Waals surface area contributed by atoms with Crippen LogP contribution < -0.4 is 10.6 Å². The van der Waals surface area contributed by atoms with Gasteiger partial charge in [-0.25, -0.2) is 0 Å². The first-order valence-electron chi connectivity index (χ1n) is 5.96. The van der Waals surface area contributed by atoms with Crippen LogP contribution in [-0.2, 0) is 0 Å². The molecule has 0 saturated carbocycles. The Bertz CT molecular complexity index is 410. The zero-order valence-corrected chi connectivity index (χ0v) is 10.6. The van der Waals surface area contributed by atoms with E-state index in [4.69, 9.17) is 5.11 Å². The van der Waals surface area contributed by atoms with Gasteiger partial charge in [-0.05, 0) is 25.0 Å². The third-order valence-electron chi connectivity index (χ3n) is 2.82. The van der Waals surface area contributed by atoms with Crippen LogP contribution in [0.15, 0.2) is 18.2 Å². The average molecular weight is 253 g/mol. The minimum Gasteiger partial charge on any atom is -0.396 e. The molecule has 0 spiro atoms. The molecule has 6 nitrogen and oxygen atoms in total. The van der Waals surface area contributed by atoms with E-state index >= 15 is 0 Å². The van der Waals surface area contributed by atoms with Crippen molar-refractivity contribution in [2.75, 3.05) is 24.3 Å². The first kappa shape index (κ1) is 14.2. The molecule has 0 aliphatic rings. The summed E-state index contributed by atoms with van der Waals surface area (Å²) >= 11 is 0. The first-order chi connectivity index (χ1) is 8.63. The fraction of sp³-hybridized carbons (Fsp3) is 0.500. The lowest BCUT2D eigenvalue weighted by Crippen LogP contribution is -2.20. The lowest BCUT2D eigenvalue weighted by molar-refractivity contribution is -0.383. The average Bonchev–Trinajstić information content (AvgIpc) is 2.37. The zero-order chi connectivity index (χ0) is 13.5. The summed E-state index contributed by atoms with van der Waals surface area (Å²) in [4.78, 5) is 10.7. The van der Waals surface area contributed by atoms with Gasteiger partial charge in [-0.2, -0.15) is 0 Å². The summed E-state index contributed by atoms with van der Waals surface area (Å²) in [5, 5.41) is 26.0. The summed E-state index contributed by atoms with van der Waals surface area (Å²) in [5.74, 6) is 0. The molecule has 6 heteroatoms. The molecule has 1 aromatic rings. The van der Waals surface area contributed by atoms with E-state index < -0.39 is 4.92 Å². The Morgan fingerprint density at radius 1 is 1.44 bits per heavy atom. The van der Waals surface area contributed by atoms with Crippen LogP contribution in [0.25, 0.3) is 0 Å². The summed E-state index contributed by atoms with van der Waals surface area (Å²) in [6.07, 6.45) is 1.36. The lowest BCUT2D eigenvalue weighted by Gasteiger charge is -2.17. The number of para-hydroxylation sites is 1. The number of rotatable bonds is 7. The van der Waals surface area contributed by atoms with Crippen molar-refractivity contribution in [2.45, 2.75) is 25.8 Å². The summed E-state index contributed by atoms with van der Waals surface area (Å²) < 4.78 is 0. The number of hydrogen-bond acceptors (Lipinski definition) is 5. The van der Waals surface area contributed by atoms with E-state index in [9.17, 15) is 10.1 Å². The van der Waals surface area contributed by atoms with Crippen molar-refractivity contribution >= 4 is 17.1 Å².